The fraction of sp³-hybridized carbons (Fsp3) is 0.800. The monoisotopic (exact) mass is 328 g/mol. The van der Waals surface area contributed by atoms with Gasteiger partial charge in [0.15, 0.2) is 0 Å². The van der Waals surface area contributed by atoms with Crippen molar-refractivity contribution in [2.45, 2.75) is 64.4 Å². The van der Waals surface area contributed by atoms with Gasteiger partial charge in [-0.25, -0.2) is 0 Å². The number of aliphatic hydroxyl groups is 1. The normalized spacial score (nSPS) is 19.4. The van der Waals surface area contributed by atoms with Gasteiger partial charge in [-0.1, -0.05) is 38.5 Å². The lowest BCUT2D eigenvalue weighted by Crippen LogP contribution is -2.18. The third-order valence-corrected chi connectivity index (χ3v) is 5.30. The summed E-state index contributed by atoms with van der Waals surface area (Å²) in [4.78, 5) is 0. The molecule has 1 unspecified atom stereocenters. The molecule has 0 spiro atoms. The molecule has 1 aromatic heterocycles. The Labute approximate surface area is 124 Å². The van der Waals surface area contributed by atoms with Gasteiger partial charge in [0.2, 0.25) is 0 Å². The summed E-state index contributed by atoms with van der Waals surface area (Å²) < 4.78 is 2.94. The Hall–Kier alpha value is -0.350. The number of rotatable bonds is 4. The molecule has 1 aliphatic rings. The van der Waals surface area contributed by atoms with Crippen molar-refractivity contribution in [3.63, 3.8) is 0 Å². The molecule has 0 amide bonds. The molecule has 1 N–H and O–H groups in total. The summed E-state index contributed by atoms with van der Waals surface area (Å²) in [6.45, 7) is 1.99. The number of aromatic nitrogens is 2. The van der Waals surface area contributed by atoms with Crippen LogP contribution in [-0.2, 0) is 13.5 Å². The average molecular weight is 329 g/mol. The minimum Gasteiger partial charge on any atom is -0.393 e. The average Bonchev–Trinajstić information content (AvgIpc) is 2.60. The van der Waals surface area contributed by atoms with Gasteiger partial charge in [-0.15, -0.1) is 0 Å². The molecule has 0 radical (unpaired) electrons. The van der Waals surface area contributed by atoms with Gasteiger partial charge in [0.25, 0.3) is 0 Å². The maximum atomic E-state index is 10.3. The van der Waals surface area contributed by atoms with Crippen LogP contribution in [0, 0.1) is 12.8 Å². The van der Waals surface area contributed by atoms with Gasteiger partial charge in [-0.3, -0.25) is 4.68 Å². The fourth-order valence-corrected chi connectivity index (χ4v) is 3.69. The van der Waals surface area contributed by atoms with E-state index in [9.17, 15) is 5.11 Å². The van der Waals surface area contributed by atoms with Crippen molar-refractivity contribution < 1.29 is 5.11 Å². The van der Waals surface area contributed by atoms with E-state index in [1.54, 1.807) is 0 Å². The molecule has 0 saturated heterocycles. The number of aliphatic hydroxyl groups excluding tert-OH is 1. The number of nitrogens with zero attached hydrogens (tertiary/aromatic N) is 2. The van der Waals surface area contributed by atoms with E-state index in [-0.39, 0.29) is 6.10 Å². The second-order valence-corrected chi connectivity index (χ2v) is 6.71. The Kier molecular flexibility index (Phi) is 5.46. The highest BCUT2D eigenvalue weighted by atomic mass is 79.9. The van der Waals surface area contributed by atoms with Crippen molar-refractivity contribution in [2.24, 2.45) is 13.0 Å². The summed E-state index contributed by atoms with van der Waals surface area (Å²) in [6.07, 6.45) is 9.42. The number of halogens is 1. The molecule has 1 aromatic rings. The number of aryl methyl sites for hydroxylation is 2. The Morgan fingerprint density at radius 3 is 2.47 bits per heavy atom. The lowest BCUT2D eigenvalue weighted by atomic mass is 9.92. The van der Waals surface area contributed by atoms with Gasteiger partial charge in [0.05, 0.1) is 22.0 Å². The first-order valence-electron chi connectivity index (χ1n) is 7.44. The van der Waals surface area contributed by atoms with Crippen LogP contribution in [0.2, 0.25) is 0 Å². The second-order valence-electron chi connectivity index (χ2n) is 5.92. The van der Waals surface area contributed by atoms with Crippen molar-refractivity contribution in [1.82, 2.24) is 9.78 Å². The highest BCUT2D eigenvalue weighted by Crippen LogP contribution is 2.28. The third kappa shape index (κ3) is 4.06. The van der Waals surface area contributed by atoms with E-state index in [1.165, 1.54) is 38.5 Å². The van der Waals surface area contributed by atoms with Crippen LogP contribution in [0.5, 0.6) is 0 Å². The first-order chi connectivity index (χ1) is 9.08. The van der Waals surface area contributed by atoms with Crippen molar-refractivity contribution in [1.29, 1.82) is 0 Å². The van der Waals surface area contributed by atoms with Gasteiger partial charge >= 0.3 is 0 Å². The molecule has 19 heavy (non-hydrogen) atoms. The van der Waals surface area contributed by atoms with E-state index in [1.807, 2.05) is 18.7 Å². The lowest BCUT2D eigenvalue weighted by molar-refractivity contribution is 0.135. The summed E-state index contributed by atoms with van der Waals surface area (Å²) in [6, 6.07) is 0. The third-order valence-electron chi connectivity index (χ3n) is 4.27. The van der Waals surface area contributed by atoms with Crippen LogP contribution in [0.1, 0.15) is 56.3 Å². The van der Waals surface area contributed by atoms with E-state index in [2.05, 4.69) is 21.0 Å². The van der Waals surface area contributed by atoms with Crippen LogP contribution >= 0.6 is 15.9 Å². The zero-order chi connectivity index (χ0) is 13.8. The van der Waals surface area contributed by atoms with Crippen molar-refractivity contribution in [3.8, 4) is 0 Å². The molecule has 1 aliphatic carbocycles. The molecular weight excluding hydrogens is 304 g/mol. The molecule has 0 aromatic carbocycles. The smallest absolute Gasteiger partial charge is 0.0738 e. The number of hydrogen-bond acceptors (Lipinski definition) is 2. The van der Waals surface area contributed by atoms with Crippen LogP contribution in [-0.4, -0.2) is 21.0 Å². The van der Waals surface area contributed by atoms with Crippen molar-refractivity contribution in [3.05, 3.63) is 15.9 Å². The van der Waals surface area contributed by atoms with Crippen molar-refractivity contribution >= 4 is 15.9 Å². The zero-order valence-corrected chi connectivity index (χ0v) is 13.6. The van der Waals surface area contributed by atoms with Gasteiger partial charge in [-0.2, -0.15) is 5.10 Å². The maximum absolute atomic E-state index is 10.3. The standard InChI is InChI=1S/C15H25BrN2O/c1-11-15(16)14(18(2)17-11)10-13(19)9-12-7-5-3-4-6-8-12/h12-13,19H,3-10H2,1-2H3. The second kappa shape index (κ2) is 6.89. The van der Waals surface area contributed by atoms with E-state index in [0.29, 0.717) is 12.3 Å². The van der Waals surface area contributed by atoms with Gasteiger partial charge < -0.3 is 5.11 Å². The van der Waals surface area contributed by atoms with E-state index in [4.69, 9.17) is 0 Å². The Morgan fingerprint density at radius 2 is 1.95 bits per heavy atom. The molecule has 1 heterocycles. The van der Waals surface area contributed by atoms with Crippen LogP contribution < -0.4 is 0 Å². The SMILES string of the molecule is Cc1nn(C)c(CC(O)CC2CCCCCC2)c1Br. The molecule has 0 bridgehead atoms. The van der Waals surface area contributed by atoms with E-state index in [0.717, 1.165) is 22.3 Å². The first-order valence-corrected chi connectivity index (χ1v) is 8.23. The molecule has 3 nitrogen and oxygen atoms in total. The Bertz CT molecular complexity index is 409. The topological polar surface area (TPSA) is 38.0 Å². The molecule has 1 saturated carbocycles. The highest BCUT2D eigenvalue weighted by molar-refractivity contribution is 9.10. The van der Waals surface area contributed by atoms with Crippen LogP contribution in [0.4, 0.5) is 0 Å². The van der Waals surface area contributed by atoms with Crippen LogP contribution in [0.15, 0.2) is 4.47 Å². The molecule has 108 valence electrons. The summed E-state index contributed by atoms with van der Waals surface area (Å²) >= 11 is 3.57. The van der Waals surface area contributed by atoms with Crippen LogP contribution in [0.25, 0.3) is 0 Å². The van der Waals surface area contributed by atoms with Gasteiger partial charge in [-0.05, 0) is 35.2 Å². The quantitative estimate of drug-likeness (QED) is 0.854. The minimum atomic E-state index is -0.241. The van der Waals surface area contributed by atoms with Crippen molar-refractivity contribution in [2.75, 3.05) is 0 Å². The molecule has 0 aliphatic heterocycles. The molecule has 2 rings (SSSR count). The van der Waals surface area contributed by atoms with Gasteiger partial charge in [0, 0.05) is 13.5 Å². The fourth-order valence-electron chi connectivity index (χ4n) is 3.19. The summed E-state index contributed by atoms with van der Waals surface area (Å²) in [5.74, 6) is 0.714. The summed E-state index contributed by atoms with van der Waals surface area (Å²) in [5, 5.41) is 14.7. The number of hydrogen-bond donors (Lipinski definition) is 1. The summed E-state index contributed by atoms with van der Waals surface area (Å²) in [5.41, 5.74) is 2.11. The largest absolute Gasteiger partial charge is 0.393 e. The van der Waals surface area contributed by atoms with Gasteiger partial charge in [0.1, 0.15) is 0 Å². The Morgan fingerprint density at radius 1 is 1.32 bits per heavy atom. The van der Waals surface area contributed by atoms with E-state index >= 15 is 0 Å². The minimum absolute atomic E-state index is 0.241. The van der Waals surface area contributed by atoms with Crippen LogP contribution in [0.3, 0.4) is 0 Å². The molecule has 1 fully saturated rings. The summed E-state index contributed by atoms with van der Waals surface area (Å²) in [7, 11) is 1.95. The lowest BCUT2D eigenvalue weighted by Gasteiger charge is -2.18. The highest BCUT2D eigenvalue weighted by Gasteiger charge is 2.20. The predicted molar refractivity (Wildman–Crippen MR) is 81.2 cm³/mol. The molecule has 1 atom stereocenters. The van der Waals surface area contributed by atoms with E-state index < -0.39 is 0 Å². The zero-order valence-electron chi connectivity index (χ0n) is 12.0. The Balaban J connectivity index is 1.91. The predicted octanol–water partition coefficient (Wildman–Crippen LogP) is 3.75. The molecule has 4 heteroatoms. The molecular formula is C15H25BrN2O. The maximum Gasteiger partial charge on any atom is 0.0738 e. The first kappa shape index (κ1) is 15.0.